The fraction of sp³-hybridized carbons (Fsp3) is 0.455. The molecule has 0 aliphatic rings. The van der Waals surface area contributed by atoms with E-state index < -0.39 is 6.67 Å². The average Bonchev–Trinajstić information content (AvgIpc) is 2.26. The summed E-state index contributed by atoms with van der Waals surface area (Å²) < 4.78 is 16.9. The Labute approximate surface area is 83.9 Å². The molecule has 1 unspecified atom stereocenters. The van der Waals surface area contributed by atoms with Gasteiger partial charge in [-0.3, -0.25) is 0 Å². The van der Waals surface area contributed by atoms with Gasteiger partial charge in [0, 0.05) is 6.04 Å². The maximum atomic E-state index is 11.8. The first-order chi connectivity index (χ1) is 6.77. The van der Waals surface area contributed by atoms with Crippen LogP contribution in [-0.2, 0) is 0 Å². The van der Waals surface area contributed by atoms with Gasteiger partial charge in [0.25, 0.3) is 0 Å². The van der Waals surface area contributed by atoms with Crippen molar-refractivity contribution in [2.75, 3.05) is 13.3 Å². The van der Waals surface area contributed by atoms with Gasteiger partial charge in [0.05, 0.1) is 0 Å². The molecular formula is C11H16FNO. The third-order valence-corrected chi connectivity index (χ3v) is 2.09. The summed E-state index contributed by atoms with van der Waals surface area (Å²) in [4.78, 5) is 0. The summed E-state index contributed by atoms with van der Waals surface area (Å²) in [7, 11) is 0. The first kappa shape index (κ1) is 11.0. The molecule has 0 aromatic heterocycles. The van der Waals surface area contributed by atoms with Gasteiger partial charge in [-0.2, -0.15) is 0 Å². The van der Waals surface area contributed by atoms with E-state index in [1.165, 1.54) is 0 Å². The van der Waals surface area contributed by atoms with Crippen LogP contribution in [0.15, 0.2) is 24.3 Å². The van der Waals surface area contributed by atoms with Crippen LogP contribution in [0.4, 0.5) is 4.39 Å². The molecule has 2 N–H and O–H groups in total. The Balaban J connectivity index is 2.59. The topological polar surface area (TPSA) is 35.2 Å². The van der Waals surface area contributed by atoms with Gasteiger partial charge in [-0.25, -0.2) is 4.39 Å². The van der Waals surface area contributed by atoms with E-state index in [1.54, 1.807) is 0 Å². The van der Waals surface area contributed by atoms with Crippen LogP contribution in [-0.4, -0.2) is 13.3 Å². The summed E-state index contributed by atoms with van der Waals surface area (Å²) in [6, 6.07) is 7.55. The zero-order chi connectivity index (χ0) is 10.4. The second kappa shape index (κ2) is 5.60. The smallest absolute Gasteiger partial charge is 0.123 e. The third-order valence-electron chi connectivity index (χ3n) is 2.09. The predicted molar refractivity (Wildman–Crippen MR) is 55.1 cm³/mol. The Kier molecular flexibility index (Phi) is 4.40. The van der Waals surface area contributed by atoms with Crippen LogP contribution in [0, 0.1) is 0 Å². The molecule has 0 saturated heterocycles. The van der Waals surface area contributed by atoms with Crippen molar-refractivity contribution in [3.05, 3.63) is 29.8 Å². The van der Waals surface area contributed by atoms with Gasteiger partial charge in [-0.05, 0) is 24.1 Å². The average molecular weight is 197 g/mol. The number of alkyl halides is 1. The molecule has 78 valence electrons. The maximum Gasteiger partial charge on any atom is 0.123 e. The molecule has 0 radical (unpaired) electrons. The van der Waals surface area contributed by atoms with Crippen LogP contribution < -0.4 is 10.5 Å². The second-order valence-electron chi connectivity index (χ2n) is 3.12. The fourth-order valence-corrected chi connectivity index (χ4v) is 1.20. The standard InChI is InChI=1S/C11H16FNO/c1-2-11(13)9-3-5-10(6-4-9)14-8-7-12/h3-6,11H,2,7-8,13H2,1H3. The van der Waals surface area contributed by atoms with Gasteiger partial charge >= 0.3 is 0 Å². The molecule has 1 atom stereocenters. The minimum absolute atomic E-state index is 0.0743. The highest BCUT2D eigenvalue weighted by atomic mass is 19.1. The molecule has 2 nitrogen and oxygen atoms in total. The van der Waals surface area contributed by atoms with E-state index in [1.807, 2.05) is 31.2 Å². The van der Waals surface area contributed by atoms with Gasteiger partial charge in [0.15, 0.2) is 0 Å². The van der Waals surface area contributed by atoms with E-state index in [-0.39, 0.29) is 12.6 Å². The molecule has 0 amide bonds. The van der Waals surface area contributed by atoms with Gasteiger partial charge in [-0.1, -0.05) is 19.1 Å². The van der Waals surface area contributed by atoms with Gasteiger partial charge in [-0.15, -0.1) is 0 Å². The summed E-state index contributed by atoms with van der Waals surface area (Å²) in [5, 5.41) is 0. The van der Waals surface area contributed by atoms with Gasteiger partial charge < -0.3 is 10.5 Å². The Hall–Kier alpha value is -1.09. The minimum atomic E-state index is -0.462. The summed E-state index contributed by atoms with van der Waals surface area (Å²) in [5.74, 6) is 0.690. The van der Waals surface area contributed by atoms with E-state index in [0.29, 0.717) is 5.75 Å². The molecule has 3 heteroatoms. The summed E-state index contributed by atoms with van der Waals surface area (Å²) in [5.41, 5.74) is 6.93. The highest BCUT2D eigenvalue weighted by molar-refractivity contribution is 5.28. The zero-order valence-corrected chi connectivity index (χ0v) is 8.37. The Morgan fingerprint density at radius 3 is 2.50 bits per heavy atom. The molecule has 0 heterocycles. The van der Waals surface area contributed by atoms with Gasteiger partial charge in [0.1, 0.15) is 19.0 Å². The highest BCUT2D eigenvalue weighted by Crippen LogP contribution is 2.17. The van der Waals surface area contributed by atoms with Crippen molar-refractivity contribution in [3.63, 3.8) is 0 Å². The first-order valence-electron chi connectivity index (χ1n) is 4.82. The van der Waals surface area contributed by atoms with E-state index in [0.717, 1.165) is 12.0 Å². The van der Waals surface area contributed by atoms with Crippen molar-refractivity contribution in [2.24, 2.45) is 5.73 Å². The SMILES string of the molecule is CCC(N)c1ccc(OCCF)cc1. The lowest BCUT2D eigenvalue weighted by Crippen LogP contribution is -2.08. The van der Waals surface area contributed by atoms with Crippen molar-refractivity contribution in [1.82, 2.24) is 0 Å². The lowest BCUT2D eigenvalue weighted by atomic mass is 10.1. The molecule has 0 saturated carbocycles. The molecular weight excluding hydrogens is 181 g/mol. The van der Waals surface area contributed by atoms with Crippen molar-refractivity contribution >= 4 is 0 Å². The normalized spacial score (nSPS) is 12.5. The van der Waals surface area contributed by atoms with Crippen molar-refractivity contribution in [1.29, 1.82) is 0 Å². The molecule has 0 fully saturated rings. The first-order valence-corrected chi connectivity index (χ1v) is 4.82. The van der Waals surface area contributed by atoms with Crippen molar-refractivity contribution < 1.29 is 9.13 Å². The number of hydrogen-bond acceptors (Lipinski definition) is 2. The number of ether oxygens (including phenoxy) is 1. The lowest BCUT2D eigenvalue weighted by molar-refractivity contribution is 0.273. The molecule has 1 rings (SSSR count). The predicted octanol–water partition coefficient (Wildman–Crippen LogP) is 2.44. The summed E-state index contributed by atoms with van der Waals surface area (Å²) >= 11 is 0. The third kappa shape index (κ3) is 3.00. The maximum absolute atomic E-state index is 11.8. The van der Waals surface area contributed by atoms with E-state index >= 15 is 0 Å². The molecule has 1 aromatic carbocycles. The van der Waals surface area contributed by atoms with Crippen LogP contribution >= 0.6 is 0 Å². The lowest BCUT2D eigenvalue weighted by Gasteiger charge is -2.10. The molecule has 1 aromatic rings. The van der Waals surface area contributed by atoms with Crippen LogP contribution in [0.2, 0.25) is 0 Å². The van der Waals surface area contributed by atoms with Crippen LogP contribution in [0.5, 0.6) is 5.75 Å². The van der Waals surface area contributed by atoms with Crippen LogP contribution in [0.25, 0.3) is 0 Å². The number of halogens is 1. The van der Waals surface area contributed by atoms with Gasteiger partial charge in [0.2, 0.25) is 0 Å². The summed E-state index contributed by atoms with van der Waals surface area (Å²) in [6.45, 7) is 1.69. The highest BCUT2D eigenvalue weighted by Gasteiger charge is 2.02. The molecule has 0 spiro atoms. The van der Waals surface area contributed by atoms with Crippen molar-refractivity contribution in [2.45, 2.75) is 19.4 Å². The monoisotopic (exact) mass is 197 g/mol. The molecule has 0 aliphatic carbocycles. The molecule has 0 bridgehead atoms. The minimum Gasteiger partial charge on any atom is -0.491 e. The molecule has 14 heavy (non-hydrogen) atoms. The Morgan fingerprint density at radius 1 is 1.36 bits per heavy atom. The summed E-state index contributed by atoms with van der Waals surface area (Å²) in [6.07, 6.45) is 0.907. The number of hydrogen-bond donors (Lipinski definition) is 1. The number of benzene rings is 1. The largest absolute Gasteiger partial charge is 0.491 e. The second-order valence-corrected chi connectivity index (χ2v) is 3.12. The number of rotatable bonds is 5. The van der Waals surface area contributed by atoms with E-state index in [2.05, 4.69) is 0 Å². The molecule has 0 aliphatic heterocycles. The zero-order valence-electron chi connectivity index (χ0n) is 8.37. The van der Waals surface area contributed by atoms with E-state index in [4.69, 9.17) is 10.5 Å². The Morgan fingerprint density at radius 2 is 2.00 bits per heavy atom. The van der Waals surface area contributed by atoms with Crippen molar-refractivity contribution in [3.8, 4) is 5.75 Å². The fourth-order valence-electron chi connectivity index (χ4n) is 1.20. The number of nitrogens with two attached hydrogens (primary N) is 1. The van der Waals surface area contributed by atoms with Crippen LogP contribution in [0.3, 0.4) is 0 Å². The van der Waals surface area contributed by atoms with Crippen LogP contribution in [0.1, 0.15) is 24.9 Å². The van der Waals surface area contributed by atoms with E-state index in [9.17, 15) is 4.39 Å². The Bertz CT molecular complexity index is 260. The quantitative estimate of drug-likeness (QED) is 0.786.